The zero-order chi connectivity index (χ0) is 16.2. The van der Waals surface area contributed by atoms with Crippen molar-refractivity contribution in [2.45, 2.75) is 72.3 Å². The van der Waals surface area contributed by atoms with E-state index < -0.39 is 11.3 Å². The first-order valence-corrected chi connectivity index (χ1v) is 8.93. The van der Waals surface area contributed by atoms with Gasteiger partial charge in [0, 0.05) is 11.5 Å². The minimum atomic E-state index is -0.412. The average molecular weight is 302 g/mol. The van der Waals surface area contributed by atoms with Crippen molar-refractivity contribution in [1.29, 1.82) is 5.26 Å². The van der Waals surface area contributed by atoms with Crippen molar-refractivity contribution >= 4 is 5.78 Å². The van der Waals surface area contributed by atoms with Gasteiger partial charge >= 0.3 is 0 Å². The number of carbonyl (C=O) groups excluding carboxylic acids is 1. The lowest BCUT2D eigenvalue weighted by Crippen LogP contribution is -2.62. The molecule has 3 rings (SSSR count). The van der Waals surface area contributed by atoms with Crippen LogP contribution >= 0.6 is 0 Å². The summed E-state index contributed by atoms with van der Waals surface area (Å²) in [5.74, 6) is -0.236. The average Bonchev–Trinajstić information content (AvgIpc) is 3.00. The summed E-state index contributed by atoms with van der Waals surface area (Å²) in [5, 5.41) is 9.48. The highest BCUT2D eigenvalue weighted by Gasteiger charge is 2.64. The number of nitrogens with zero attached hydrogens (tertiary/aromatic N) is 2. The molecule has 1 saturated heterocycles. The van der Waals surface area contributed by atoms with Gasteiger partial charge in [-0.1, -0.05) is 27.7 Å². The molecule has 4 atom stereocenters. The Morgan fingerprint density at radius 2 is 1.77 bits per heavy atom. The van der Waals surface area contributed by atoms with Crippen LogP contribution < -0.4 is 0 Å². The third kappa shape index (κ3) is 1.99. The predicted octanol–water partition coefficient (Wildman–Crippen LogP) is 3.79. The summed E-state index contributed by atoms with van der Waals surface area (Å²) in [7, 11) is 0. The maximum atomic E-state index is 12.8. The normalized spacial score (nSPS) is 45.3. The zero-order valence-electron chi connectivity index (χ0n) is 14.6. The molecule has 0 N–H and O–H groups in total. The molecule has 122 valence electrons. The number of Topliss-reactive ketones (excluding diaryl/α,β-unsaturated/α-hetero) is 1. The van der Waals surface area contributed by atoms with E-state index in [1.165, 1.54) is 32.4 Å². The second kappa shape index (κ2) is 5.06. The third-order valence-corrected chi connectivity index (χ3v) is 7.78. The summed E-state index contributed by atoms with van der Waals surface area (Å²) in [6.07, 6.45) is 6.89. The number of nitriles is 1. The highest BCUT2D eigenvalue weighted by atomic mass is 16.1. The molecule has 3 aliphatic rings. The van der Waals surface area contributed by atoms with E-state index in [4.69, 9.17) is 0 Å². The van der Waals surface area contributed by atoms with Crippen molar-refractivity contribution in [3.63, 3.8) is 0 Å². The van der Waals surface area contributed by atoms with Crippen LogP contribution in [0.2, 0.25) is 0 Å². The monoisotopic (exact) mass is 302 g/mol. The van der Waals surface area contributed by atoms with Gasteiger partial charge in [0.05, 0.1) is 6.07 Å². The molecule has 1 heterocycles. The van der Waals surface area contributed by atoms with Crippen LogP contribution in [-0.4, -0.2) is 29.8 Å². The lowest BCUT2D eigenvalue weighted by Gasteiger charge is -2.63. The molecular formula is C19H30N2O. The van der Waals surface area contributed by atoms with Gasteiger partial charge in [-0.15, -0.1) is 0 Å². The lowest BCUT2D eigenvalue weighted by molar-refractivity contribution is -0.171. The lowest BCUT2D eigenvalue weighted by atomic mass is 9.40. The first kappa shape index (κ1) is 16.0. The molecule has 22 heavy (non-hydrogen) atoms. The Morgan fingerprint density at radius 1 is 1.14 bits per heavy atom. The molecule has 3 fully saturated rings. The molecule has 0 bridgehead atoms. The third-order valence-electron chi connectivity index (χ3n) is 7.78. The van der Waals surface area contributed by atoms with Gasteiger partial charge in [0.2, 0.25) is 0 Å². The van der Waals surface area contributed by atoms with Crippen LogP contribution in [0.1, 0.15) is 66.2 Å². The number of hydrogen-bond donors (Lipinski definition) is 0. The van der Waals surface area contributed by atoms with Crippen LogP contribution in [0.25, 0.3) is 0 Å². The number of rotatable bonds is 1. The van der Waals surface area contributed by atoms with E-state index in [0.29, 0.717) is 6.04 Å². The summed E-state index contributed by atoms with van der Waals surface area (Å²) in [4.78, 5) is 15.4. The number of carbonyl (C=O) groups is 1. The van der Waals surface area contributed by atoms with Gasteiger partial charge in [-0.3, -0.25) is 4.79 Å². The van der Waals surface area contributed by atoms with E-state index >= 15 is 0 Å². The molecule has 0 aromatic carbocycles. The largest absolute Gasteiger partial charge is 0.300 e. The maximum Gasteiger partial charge on any atom is 0.156 e. The van der Waals surface area contributed by atoms with Gasteiger partial charge < -0.3 is 4.90 Å². The molecule has 1 unspecified atom stereocenters. The molecule has 0 radical (unpaired) electrons. The zero-order valence-corrected chi connectivity index (χ0v) is 14.6. The van der Waals surface area contributed by atoms with Crippen molar-refractivity contribution in [1.82, 2.24) is 4.90 Å². The van der Waals surface area contributed by atoms with Crippen molar-refractivity contribution < 1.29 is 4.79 Å². The van der Waals surface area contributed by atoms with Crippen LogP contribution in [-0.2, 0) is 4.79 Å². The van der Waals surface area contributed by atoms with Crippen LogP contribution in [0.5, 0.6) is 0 Å². The first-order valence-electron chi connectivity index (χ1n) is 8.93. The van der Waals surface area contributed by atoms with E-state index in [1.54, 1.807) is 0 Å². The van der Waals surface area contributed by atoms with E-state index in [2.05, 4.69) is 38.7 Å². The predicted molar refractivity (Wildman–Crippen MR) is 87.2 cm³/mol. The highest BCUT2D eigenvalue weighted by Crippen LogP contribution is 2.66. The Hall–Kier alpha value is -0.880. The van der Waals surface area contributed by atoms with Crippen molar-refractivity contribution in [2.24, 2.45) is 22.2 Å². The maximum absolute atomic E-state index is 12.8. The quantitative estimate of drug-likeness (QED) is 0.740. The topological polar surface area (TPSA) is 44.1 Å². The first-order chi connectivity index (χ1) is 10.2. The smallest absolute Gasteiger partial charge is 0.156 e. The summed E-state index contributed by atoms with van der Waals surface area (Å²) in [6, 6.07) is 2.96. The second-order valence-corrected chi connectivity index (χ2v) is 8.91. The minimum absolute atomic E-state index is 0.0145. The van der Waals surface area contributed by atoms with Crippen LogP contribution in [0.4, 0.5) is 0 Å². The van der Waals surface area contributed by atoms with Gasteiger partial charge in [0.15, 0.2) is 5.78 Å². The van der Waals surface area contributed by atoms with Gasteiger partial charge in [-0.05, 0) is 62.4 Å². The van der Waals surface area contributed by atoms with E-state index in [-0.39, 0.29) is 16.6 Å². The number of ketones is 1. The van der Waals surface area contributed by atoms with Gasteiger partial charge in [0.1, 0.15) is 5.92 Å². The van der Waals surface area contributed by atoms with E-state index in [9.17, 15) is 10.1 Å². The molecule has 2 aliphatic carbocycles. The molecule has 0 aromatic rings. The Bertz CT molecular complexity index is 514. The fraction of sp³-hybridized carbons (Fsp3) is 0.895. The van der Waals surface area contributed by atoms with Crippen molar-refractivity contribution in [3.05, 3.63) is 0 Å². The minimum Gasteiger partial charge on any atom is -0.300 e. The van der Waals surface area contributed by atoms with E-state index in [1.807, 2.05) is 0 Å². The number of likely N-dealkylation sites (tertiary alicyclic amines) is 1. The molecule has 0 spiro atoms. The molecule has 2 saturated carbocycles. The SMILES string of the molecule is CC1(C)C(=O)C(C#N)C[C@]2(C)C[C@@H](N3CCCC3)CC[C@@]12C. The summed E-state index contributed by atoms with van der Waals surface area (Å²) >= 11 is 0. The van der Waals surface area contributed by atoms with Gasteiger partial charge in [-0.2, -0.15) is 5.26 Å². The Morgan fingerprint density at radius 3 is 2.36 bits per heavy atom. The summed E-state index contributed by atoms with van der Waals surface area (Å²) in [5.41, 5.74) is -0.284. The second-order valence-electron chi connectivity index (χ2n) is 8.91. The Labute approximate surface area is 135 Å². The Balaban J connectivity index is 1.93. The highest BCUT2D eigenvalue weighted by molar-refractivity contribution is 5.90. The Kier molecular flexibility index (Phi) is 3.68. The fourth-order valence-corrected chi connectivity index (χ4v) is 5.75. The molecule has 0 amide bonds. The van der Waals surface area contributed by atoms with Gasteiger partial charge in [0.25, 0.3) is 0 Å². The summed E-state index contributed by atoms with van der Waals surface area (Å²) in [6.45, 7) is 11.3. The molecular weight excluding hydrogens is 272 g/mol. The van der Waals surface area contributed by atoms with Crippen LogP contribution in [0, 0.1) is 33.5 Å². The van der Waals surface area contributed by atoms with Crippen LogP contribution in [0.3, 0.4) is 0 Å². The molecule has 3 heteroatoms. The van der Waals surface area contributed by atoms with Crippen molar-refractivity contribution in [2.75, 3.05) is 13.1 Å². The van der Waals surface area contributed by atoms with E-state index in [0.717, 1.165) is 19.3 Å². The molecule has 0 aromatic heterocycles. The van der Waals surface area contributed by atoms with Gasteiger partial charge in [-0.25, -0.2) is 0 Å². The standard InChI is InChI=1S/C19H30N2O/c1-17(2)16(22)14(13-20)11-18(3)12-15(7-8-19(17,18)4)21-9-5-6-10-21/h14-15H,5-12H2,1-4H3/t14?,15-,18+,19-/m0/s1. The molecule has 1 aliphatic heterocycles. The van der Waals surface area contributed by atoms with Crippen LogP contribution in [0.15, 0.2) is 0 Å². The van der Waals surface area contributed by atoms with Crippen molar-refractivity contribution in [3.8, 4) is 6.07 Å². The molecule has 3 nitrogen and oxygen atoms in total. The number of fused-ring (bicyclic) bond motifs is 1. The number of hydrogen-bond acceptors (Lipinski definition) is 3. The summed E-state index contributed by atoms with van der Waals surface area (Å²) < 4.78 is 0. The fourth-order valence-electron chi connectivity index (χ4n) is 5.75.